The molecule has 2 aromatic carbocycles. The highest BCUT2D eigenvalue weighted by Gasteiger charge is 2.13. The number of furan rings is 1. The number of halogens is 1. The Balaban J connectivity index is 1.49. The number of hydrogen-bond donors (Lipinski definition) is 0. The summed E-state index contributed by atoms with van der Waals surface area (Å²) >= 11 is 1.15. The Kier molecular flexibility index (Phi) is 4.41. The SMILES string of the molecule is O=c1c(=Cc2ccc(-c3cccc([N+](=O)[O-])c3)o2)sc2nc(-c3ccc(F)cc3)nn12. The van der Waals surface area contributed by atoms with E-state index < -0.39 is 4.92 Å². The van der Waals surface area contributed by atoms with Gasteiger partial charge in [0.2, 0.25) is 4.96 Å². The van der Waals surface area contributed by atoms with Gasteiger partial charge in [-0.15, -0.1) is 5.10 Å². The first-order valence-electron chi connectivity index (χ1n) is 9.00. The van der Waals surface area contributed by atoms with Gasteiger partial charge in [-0.25, -0.2) is 4.39 Å². The molecule has 152 valence electrons. The minimum absolute atomic E-state index is 0.0382. The first-order valence-corrected chi connectivity index (χ1v) is 9.81. The molecule has 0 amide bonds. The fourth-order valence-electron chi connectivity index (χ4n) is 3.04. The van der Waals surface area contributed by atoms with Crippen LogP contribution in [0.4, 0.5) is 10.1 Å². The number of nitro groups is 1. The molecule has 0 aliphatic carbocycles. The summed E-state index contributed by atoms with van der Waals surface area (Å²) in [7, 11) is 0. The van der Waals surface area contributed by atoms with Crippen molar-refractivity contribution < 1.29 is 13.7 Å². The Bertz CT molecular complexity index is 1550. The lowest BCUT2D eigenvalue weighted by Gasteiger charge is -1.96. The lowest BCUT2D eigenvalue weighted by molar-refractivity contribution is -0.384. The highest BCUT2D eigenvalue weighted by molar-refractivity contribution is 7.15. The standard InChI is InChI=1S/C21H11FN4O4S/c22-14-6-4-12(5-7-14)19-23-21-25(24-19)20(27)18(31-21)11-16-8-9-17(30-16)13-2-1-3-15(10-13)26(28)29/h1-11H. The number of nitrogens with zero attached hydrogens (tertiary/aromatic N) is 4. The number of aromatic nitrogens is 3. The van der Waals surface area contributed by atoms with Crippen molar-refractivity contribution in [2.24, 2.45) is 0 Å². The predicted molar refractivity (Wildman–Crippen MR) is 112 cm³/mol. The summed E-state index contributed by atoms with van der Waals surface area (Å²) in [5.41, 5.74) is 0.774. The monoisotopic (exact) mass is 434 g/mol. The van der Waals surface area contributed by atoms with Crippen LogP contribution in [0, 0.1) is 15.9 Å². The zero-order valence-electron chi connectivity index (χ0n) is 15.6. The van der Waals surface area contributed by atoms with Gasteiger partial charge in [-0.3, -0.25) is 14.9 Å². The molecule has 0 fully saturated rings. The molecule has 0 radical (unpaired) electrons. The average molecular weight is 434 g/mol. The topological polar surface area (TPSA) is 104 Å². The Morgan fingerprint density at radius 2 is 1.90 bits per heavy atom. The Morgan fingerprint density at radius 3 is 2.65 bits per heavy atom. The van der Waals surface area contributed by atoms with Crippen LogP contribution in [0.2, 0.25) is 0 Å². The molecule has 8 nitrogen and oxygen atoms in total. The van der Waals surface area contributed by atoms with Crippen LogP contribution in [0.15, 0.2) is 69.9 Å². The van der Waals surface area contributed by atoms with Gasteiger partial charge in [0.05, 0.1) is 4.92 Å². The molecule has 0 unspecified atom stereocenters. The maximum atomic E-state index is 13.1. The first kappa shape index (κ1) is 18.8. The highest BCUT2D eigenvalue weighted by Crippen LogP contribution is 2.26. The van der Waals surface area contributed by atoms with Crippen LogP contribution in [0.25, 0.3) is 33.7 Å². The lowest BCUT2D eigenvalue weighted by Crippen LogP contribution is -2.23. The summed E-state index contributed by atoms with van der Waals surface area (Å²) in [5, 5.41) is 15.2. The number of rotatable bonds is 4. The second-order valence-electron chi connectivity index (χ2n) is 6.56. The molecule has 0 atom stereocenters. The van der Waals surface area contributed by atoms with Crippen LogP contribution in [0.1, 0.15) is 5.76 Å². The molecule has 3 aromatic heterocycles. The fourth-order valence-corrected chi connectivity index (χ4v) is 3.93. The van der Waals surface area contributed by atoms with E-state index in [4.69, 9.17) is 4.42 Å². The average Bonchev–Trinajstić information content (AvgIpc) is 3.47. The van der Waals surface area contributed by atoms with Gasteiger partial charge in [-0.05, 0) is 36.4 Å². The second-order valence-corrected chi connectivity index (χ2v) is 7.57. The van der Waals surface area contributed by atoms with E-state index in [1.807, 2.05) is 0 Å². The normalized spacial score (nSPS) is 12.0. The van der Waals surface area contributed by atoms with Crippen molar-refractivity contribution in [1.82, 2.24) is 14.6 Å². The number of benzene rings is 2. The predicted octanol–water partition coefficient (Wildman–Crippen LogP) is 3.67. The van der Waals surface area contributed by atoms with Crippen LogP contribution >= 0.6 is 11.3 Å². The quantitative estimate of drug-likeness (QED) is 0.316. The number of hydrogen-bond acceptors (Lipinski definition) is 7. The third-order valence-corrected chi connectivity index (χ3v) is 5.49. The molecule has 31 heavy (non-hydrogen) atoms. The molecule has 0 aliphatic rings. The van der Waals surface area contributed by atoms with E-state index in [1.54, 1.807) is 42.5 Å². The van der Waals surface area contributed by atoms with Gasteiger partial charge in [0, 0.05) is 29.3 Å². The van der Waals surface area contributed by atoms with Crippen molar-refractivity contribution in [1.29, 1.82) is 0 Å². The maximum absolute atomic E-state index is 13.1. The number of non-ortho nitro benzene ring substituents is 1. The zero-order chi connectivity index (χ0) is 21.5. The van der Waals surface area contributed by atoms with Crippen molar-refractivity contribution in [3.63, 3.8) is 0 Å². The Morgan fingerprint density at radius 1 is 1.10 bits per heavy atom. The minimum Gasteiger partial charge on any atom is -0.457 e. The van der Waals surface area contributed by atoms with Crippen molar-refractivity contribution in [2.45, 2.75) is 0 Å². The van der Waals surface area contributed by atoms with E-state index >= 15 is 0 Å². The summed E-state index contributed by atoms with van der Waals surface area (Å²) in [6.45, 7) is 0. The largest absolute Gasteiger partial charge is 0.457 e. The number of nitro benzene ring substituents is 1. The fraction of sp³-hybridized carbons (Fsp3) is 0. The molecular formula is C21H11FN4O4S. The van der Waals surface area contributed by atoms with Crippen molar-refractivity contribution in [3.05, 3.63) is 97.2 Å². The van der Waals surface area contributed by atoms with Crippen LogP contribution in [-0.4, -0.2) is 19.5 Å². The summed E-state index contributed by atoms with van der Waals surface area (Å²) in [6, 6.07) is 15.2. The van der Waals surface area contributed by atoms with Gasteiger partial charge in [0.25, 0.3) is 11.2 Å². The molecule has 10 heteroatoms. The van der Waals surface area contributed by atoms with E-state index in [1.165, 1.54) is 28.8 Å². The van der Waals surface area contributed by atoms with E-state index in [0.717, 1.165) is 11.3 Å². The molecule has 3 heterocycles. The molecule has 0 spiro atoms. The Labute approximate surface area is 176 Å². The summed E-state index contributed by atoms with van der Waals surface area (Å²) in [6.07, 6.45) is 1.57. The van der Waals surface area contributed by atoms with Gasteiger partial charge < -0.3 is 4.42 Å². The molecule has 5 aromatic rings. The first-order chi connectivity index (χ1) is 15.0. The second kappa shape index (κ2) is 7.26. The molecular weight excluding hydrogens is 423 g/mol. The molecule has 0 N–H and O–H groups in total. The van der Waals surface area contributed by atoms with Gasteiger partial charge >= 0.3 is 0 Å². The van der Waals surface area contributed by atoms with Crippen LogP contribution in [0.5, 0.6) is 0 Å². The van der Waals surface area contributed by atoms with E-state index in [0.29, 0.717) is 38.0 Å². The third kappa shape index (κ3) is 3.49. The lowest BCUT2D eigenvalue weighted by atomic mass is 10.1. The van der Waals surface area contributed by atoms with Crippen molar-refractivity contribution in [2.75, 3.05) is 0 Å². The zero-order valence-corrected chi connectivity index (χ0v) is 16.4. The summed E-state index contributed by atoms with van der Waals surface area (Å²) in [4.78, 5) is 27.9. The third-order valence-electron chi connectivity index (χ3n) is 4.53. The van der Waals surface area contributed by atoms with E-state index in [2.05, 4.69) is 10.1 Å². The molecule has 0 saturated carbocycles. The van der Waals surface area contributed by atoms with E-state index in [9.17, 15) is 19.3 Å². The van der Waals surface area contributed by atoms with E-state index in [-0.39, 0.29) is 17.1 Å². The molecule has 5 rings (SSSR count). The smallest absolute Gasteiger partial charge is 0.291 e. The van der Waals surface area contributed by atoms with Gasteiger partial charge in [-0.2, -0.15) is 9.50 Å². The van der Waals surface area contributed by atoms with Crippen molar-refractivity contribution in [3.8, 4) is 22.7 Å². The van der Waals surface area contributed by atoms with Crippen LogP contribution < -0.4 is 10.1 Å². The van der Waals surface area contributed by atoms with Gasteiger partial charge in [0.1, 0.15) is 21.9 Å². The Hall–Kier alpha value is -4.18. The summed E-state index contributed by atoms with van der Waals surface area (Å²) < 4.78 is 20.4. The van der Waals surface area contributed by atoms with Gasteiger partial charge in [0.15, 0.2) is 5.82 Å². The summed E-state index contributed by atoms with van der Waals surface area (Å²) in [5.74, 6) is 0.831. The molecule has 0 aliphatic heterocycles. The number of thiazole rings is 1. The molecule has 0 saturated heterocycles. The maximum Gasteiger partial charge on any atom is 0.291 e. The van der Waals surface area contributed by atoms with Crippen LogP contribution in [0.3, 0.4) is 0 Å². The van der Waals surface area contributed by atoms with Crippen molar-refractivity contribution >= 4 is 28.1 Å². The highest BCUT2D eigenvalue weighted by atomic mass is 32.1. The van der Waals surface area contributed by atoms with Gasteiger partial charge in [-0.1, -0.05) is 23.5 Å². The molecule has 0 bridgehead atoms. The number of fused-ring (bicyclic) bond motifs is 1. The van der Waals surface area contributed by atoms with Crippen LogP contribution in [-0.2, 0) is 0 Å². The minimum atomic E-state index is -0.474.